The van der Waals surface area contributed by atoms with Gasteiger partial charge in [-0.05, 0) is 97.6 Å². The van der Waals surface area contributed by atoms with E-state index in [0.29, 0.717) is 17.4 Å². The minimum atomic E-state index is -0.247. The molecule has 4 aliphatic carbocycles. The average molecular weight is 486 g/mol. The molecule has 3 fully saturated rings. The van der Waals surface area contributed by atoms with Gasteiger partial charge in [-0.2, -0.15) is 10.4 Å². The largest absolute Gasteiger partial charge is 0.389 e. The standard InChI is InChI=1S/C31H39N3O2/c1-19(35)34-29(21-6-4-20(18-32)5-7-21)17-28(33-34)27-11-10-25-24-9-8-22-16-23(36)12-14-30(22,2)26(24)13-15-31(25,27)3/h4-7,16,23-27,29,36H,8-15,17H2,1-3H3/t23-,24-,25-,26-,27+,29+,30-,31-/m0/s1. The van der Waals surface area contributed by atoms with Crippen LogP contribution in [0.1, 0.15) is 95.7 Å². The Hall–Kier alpha value is -2.45. The van der Waals surface area contributed by atoms with Crippen LogP contribution in [-0.2, 0) is 4.79 Å². The van der Waals surface area contributed by atoms with E-state index in [2.05, 4.69) is 26.0 Å². The van der Waals surface area contributed by atoms with Crippen LogP contribution in [0.4, 0.5) is 0 Å². The Bertz CT molecular complexity index is 1160. The number of hydrogen-bond donors (Lipinski definition) is 1. The lowest BCUT2D eigenvalue weighted by Crippen LogP contribution is -2.51. The van der Waals surface area contributed by atoms with Gasteiger partial charge in [0.25, 0.3) is 0 Å². The highest BCUT2D eigenvalue weighted by Crippen LogP contribution is 2.67. The molecule has 3 saturated carbocycles. The highest BCUT2D eigenvalue weighted by Gasteiger charge is 2.60. The van der Waals surface area contributed by atoms with Crippen molar-refractivity contribution in [1.29, 1.82) is 5.26 Å². The number of amides is 1. The van der Waals surface area contributed by atoms with Crippen LogP contribution in [0.15, 0.2) is 41.0 Å². The van der Waals surface area contributed by atoms with Gasteiger partial charge in [0.05, 0.1) is 23.8 Å². The van der Waals surface area contributed by atoms with E-state index in [1.54, 1.807) is 11.9 Å². The minimum Gasteiger partial charge on any atom is -0.389 e. The molecule has 0 spiro atoms. The quantitative estimate of drug-likeness (QED) is 0.511. The minimum absolute atomic E-state index is 0.0122. The Morgan fingerprint density at radius 2 is 1.86 bits per heavy atom. The fourth-order valence-electron chi connectivity index (χ4n) is 9.33. The summed E-state index contributed by atoms with van der Waals surface area (Å²) in [5.41, 5.74) is 4.95. The first-order chi connectivity index (χ1) is 17.2. The summed E-state index contributed by atoms with van der Waals surface area (Å²) in [5, 5.41) is 26.1. The summed E-state index contributed by atoms with van der Waals surface area (Å²) >= 11 is 0. The molecule has 0 aromatic heterocycles. The molecule has 5 aliphatic rings. The van der Waals surface area contributed by atoms with E-state index in [4.69, 9.17) is 5.10 Å². The maximum absolute atomic E-state index is 12.6. The molecule has 0 unspecified atom stereocenters. The van der Waals surface area contributed by atoms with Crippen molar-refractivity contribution in [2.75, 3.05) is 0 Å². The third-order valence-corrected chi connectivity index (χ3v) is 11.2. The highest BCUT2D eigenvalue weighted by atomic mass is 16.3. The predicted molar refractivity (Wildman–Crippen MR) is 140 cm³/mol. The lowest BCUT2D eigenvalue weighted by molar-refractivity contribution is -0.130. The molecule has 1 amide bonds. The van der Waals surface area contributed by atoms with Gasteiger partial charge in [0.15, 0.2) is 0 Å². The molecule has 8 atom stereocenters. The summed E-state index contributed by atoms with van der Waals surface area (Å²) in [6.07, 6.45) is 12.1. The van der Waals surface area contributed by atoms with Gasteiger partial charge in [0, 0.05) is 25.0 Å². The summed E-state index contributed by atoms with van der Waals surface area (Å²) in [6.45, 7) is 6.63. The Kier molecular flexibility index (Phi) is 5.68. The Balaban J connectivity index is 1.26. The maximum atomic E-state index is 12.6. The SMILES string of the molecule is CC(=O)N1N=C([C@H]2CC[C@H]3[C@@H]4CCC5=C[C@@H](O)CC[C@]5(C)[C@H]4CC[C@]23C)C[C@@H]1c1ccc(C#N)cc1. The molecule has 0 bridgehead atoms. The third kappa shape index (κ3) is 3.51. The second-order valence-electron chi connectivity index (χ2n) is 12.7. The van der Waals surface area contributed by atoms with Crippen molar-refractivity contribution in [3.05, 3.63) is 47.0 Å². The van der Waals surface area contributed by atoms with Gasteiger partial charge < -0.3 is 5.11 Å². The van der Waals surface area contributed by atoms with Crippen molar-refractivity contribution >= 4 is 11.6 Å². The molecular weight excluding hydrogens is 446 g/mol. The number of fused-ring (bicyclic) bond motifs is 5. The summed E-state index contributed by atoms with van der Waals surface area (Å²) in [6, 6.07) is 9.77. The monoisotopic (exact) mass is 485 g/mol. The van der Waals surface area contributed by atoms with Gasteiger partial charge in [-0.15, -0.1) is 0 Å². The van der Waals surface area contributed by atoms with Crippen LogP contribution in [0.2, 0.25) is 0 Å². The van der Waals surface area contributed by atoms with Crippen molar-refractivity contribution in [1.82, 2.24) is 5.01 Å². The van der Waals surface area contributed by atoms with E-state index in [1.807, 2.05) is 24.3 Å². The van der Waals surface area contributed by atoms with Crippen molar-refractivity contribution in [3.8, 4) is 6.07 Å². The van der Waals surface area contributed by atoms with Crippen molar-refractivity contribution in [2.24, 2.45) is 39.6 Å². The number of hydrazone groups is 1. The van der Waals surface area contributed by atoms with Gasteiger partial charge >= 0.3 is 0 Å². The number of carbonyl (C=O) groups is 1. The second-order valence-corrected chi connectivity index (χ2v) is 12.7. The molecule has 1 aliphatic heterocycles. The molecule has 1 aromatic rings. The molecular formula is C31H39N3O2. The number of carbonyl (C=O) groups excluding carboxylic acids is 1. The van der Waals surface area contributed by atoms with E-state index >= 15 is 0 Å². The van der Waals surface area contributed by atoms with Crippen LogP contribution in [0.5, 0.6) is 0 Å². The smallest absolute Gasteiger partial charge is 0.240 e. The van der Waals surface area contributed by atoms with Crippen molar-refractivity contribution < 1.29 is 9.90 Å². The molecule has 0 saturated heterocycles. The second kappa shape index (κ2) is 8.55. The third-order valence-electron chi connectivity index (χ3n) is 11.2. The van der Waals surface area contributed by atoms with Crippen molar-refractivity contribution in [2.45, 2.75) is 90.7 Å². The molecule has 1 aromatic carbocycles. The van der Waals surface area contributed by atoms with E-state index in [9.17, 15) is 15.2 Å². The molecule has 0 radical (unpaired) electrons. The molecule has 1 heterocycles. The average Bonchev–Trinajstić information content (AvgIpc) is 3.46. The number of benzene rings is 1. The summed E-state index contributed by atoms with van der Waals surface area (Å²) in [4.78, 5) is 12.6. The number of rotatable bonds is 2. The first-order valence-electron chi connectivity index (χ1n) is 14.0. The van der Waals surface area contributed by atoms with Crippen LogP contribution in [0.25, 0.3) is 0 Å². The predicted octanol–water partition coefficient (Wildman–Crippen LogP) is 6.15. The van der Waals surface area contributed by atoms with E-state index in [0.717, 1.165) is 43.1 Å². The molecule has 5 nitrogen and oxygen atoms in total. The number of aliphatic hydroxyl groups is 1. The number of hydrogen-bond acceptors (Lipinski definition) is 4. The van der Waals surface area contributed by atoms with E-state index in [1.165, 1.54) is 43.4 Å². The maximum Gasteiger partial charge on any atom is 0.240 e. The topological polar surface area (TPSA) is 76.7 Å². The zero-order valence-corrected chi connectivity index (χ0v) is 21.9. The number of nitrogens with zero attached hydrogens (tertiary/aromatic N) is 3. The molecule has 5 heteroatoms. The normalized spacial score (nSPS) is 41.5. The fourth-order valence-corrected chi connectivity index (χ4v) is 9.33. The zero-order chi connectivity index (χ0) is 25.2. The Labute approximate surface area is 215 Å². The Morgan fingerprint density at radius 3 is 2.58 bits per heavy atom. The van der Waals surface area contributed by atoms with Crippen LogP contribution < -0.4 is 0 Å². The van der Waals surface area contributed by atoms with Gasteiger partial charge in [-0.3, -0.25) is 4.79 Å². The van der Waals surface area contributed by atoms with E-state index in [-0.39, 0.29) is 28.9 Å². The van der Waals surface area contributed by atoms with Crippen LogP contribution in [0, 0.1) is 45.8 Å². The van der Waals surface area contributed by atoms with Gasteiger partial charge in [0.2, 0.25) is 5.91 Å². The highest BCUT2D eigenvalue weighted by molar-refractivity contribution is 5.92. The molecule has 6 rings (SSSR count). The lowest BCUT2D eigenvalue weighted by atomic mass is 9.46. The van der Waals surface area contributed by atoms with Crippen molar-refractivity contribution in [3.63, 3.8) is 0 Å². The van der Waals surface area contributed by atoms with Crippen LogP contribution in [0.3, 0.4) is 0 Å². The van der Waals surface area contributed by atoms with Gasteiger partial charge in [0.1, 0.15) is 0 Å². The summed E-state index contributed by atoms with van der Waals surface area (Å²) in [5.74, 6) is 2.63. The number of nitriles is 1. The summed E-state index contributed by atoms with van der Waals surface area (Å²) in [7, 11) is 0. The zero-order valence-electron chi connectivity index (χ0n) is 21.9. The molecule has 36 heavy (non-hydrogen) atoms. The summed E-state index contributed by atoms with van der Waals surface area (Å²) < 4.78 is 0. The Morgan fingerprint density at radius 1 is 1.08 bits per heavy atom. The first kappa shape index (κ1) is 23.9. The number of allylic oxidation sites excluding steroid dienone is 1. The van der Waals surface area contributed by atoms with Gasteiger partial charge in [-0.1, -0.05) is 37.6 Å². The first-order valence-corrected chi connectivity index (χ1v) is 14.0. The van der Waals surface area contributed by atoms with Crippen LogP contribution in [-0.4, -0.2) is 27.8 Å². The molecule has 1 N–H and O–H groups in total. The van der Waals surface area contributed by atoms with Gasteiger partial charge in [-0.25, -0.2) is 5.01 Å². The molecule has 190 valence electrons. The van der Waals surface area contributed by atoms with Crippen LogP contribution >= 0.6 is 0 Å². The number of aliphatic hydroxyl groups excluding tert-OH is 1. The lowest BCUT2D eigenvalue weighted by Gasteiger charge is -2.58. The fraction of sp³-hybridized carbons (Fsp3) is 0.645. The van der Waals surface area contributed by atoms with E-state index < -0.39 is 0 Å².